The maximum absolute atomic E-state index is 4.31. The van der Waals surface area contributed by atoms with Crippen LogP contribution in [-0.4, -0.2) is 14.6 Å². The molecule has 0 radical (unpaired) electrons. The lowest BCUT2D eigenvalue weighted by Crippen LogP contribution is -1.99. The van der Waals surface area contributed by atoms with E-state index >= 15 is 0 Å². The molecule has 3 aromatic rings. The van der Waals surface area contributed by atoms with Gasteiger partial charge in [0.2, 0.25) is 0 Å². The van der Waals surface area contributed by atoms with Crippen molar-refractivity contribution in [1.29, 1.82) is 0 Å². The van der Waals surface area contributed by atoms with E-state index in [2.05, 4.69) is 27.5 Å². The quantitative estimate of drug-likeness (QED) is 0.762. The predicted octanol–water partition coefficient (Wildman–Crippen LogP) is 2.65. The van der Waals surface area contributed by atoms with Gasteiger partial charge in [-0.2, -0.15) is 5.10 Å². The third kappa shape index (κ3) is 2.05. The van der Waals surface area contributed by atoms with Crippen LogP contribution < -0.4 is 5.32 Å². The van der Waals surface area contributed by atoms with Crippen LogP contribution in [0.1, 0.15) is 11.1 Å². The molecule has 18 heavy (non-hydrogen) atoms. The second kappa shape index (κ2) is 4.49. The smallest absolute Gasteiger partial charge is 0.0711 e. The van der Waals surface area contributed by atoms with Gasteiger partial charge in [-0.15, -0.1) is 0 Å². The van der Waals surface area contributed by atoms with Crippen LogP contribution in [-0.2, 0) is 6.54 Å². The number of aryl methyl sites for hydroxylation is 1. The molecule has 0 aromatic carbocycles. The summed E-state index contributed by atoms with van der Waals surface area (Å²) in [5, 5.41) is 7.67. The first-order valence-electron chi connectivity index (χ1n) is 5.90. The van der Waals surface area contributed by atoms with E-state index in [1.54, 1.807) is 0 Å². The molecular formula is C14H14N4. The second-order valence-corrected chi connectivity index (χ2v) is 4.30. The van der Waals surface area contributed by atoms with Crippen LogP contribution in [0.2, 0.25) is 0 Å². The van der Waals surface area contributed by atoms with E-state index in [0.717, 1.165) is 23.3 Å². The standard InChI is InChI=1S/C14H14N4/c1-11-6-13(10-15-7-11)16-8-12-9-17-18-5-3-2-4-14(12)18/h2-7,9-10,16H,8H2,1H3. The third-order valence-corrected chi connectivity index (χ3v) is 2.86. The molecule has 0 saturated carbocycles. The molecule has 0 aliphatic rings. The third-order valence-electron chi connectivity index (χ3n) is 2.86. The van der Waals surface area contributed by atoms with E-state index in [1.807, 2.05) is 48.4 Å². The lowest BCUT2D eigenvalue weighted by atomic mass is 10.2. The van der Waals surface area contributed by atoms with Gasteiger partial charge in [-0.25, -0.2) is 4.52 Å². The Kier molecular flexibility index (Phi) is 2.68. The van der Waals surface area contributed by atoms with E-state index in [1.165, 1.54) is 5.56 Å². The summed E-state index contributed by atoms with van der Waals surface area (Å²) in [5.74, 6) is 0. The van der Waals surface area contributed by atoms with E-state index in [4.69, 9.17) is 0 Å². The Balaban J connectivity index is 1.81. The van der Waals surface area contributed by atoms with Crippen molar-refractivity contribution in [3.63, 3.8) is 0 Å². The minimum absolute atomic E-state index is 0.749. The summed E-state index contributed by atoms with van der Waals surface area (Å²) in [6.45, 7) is 2.78. The Labute approximate surface area is 105 Å². The van der Waals surface area contributed by atoms with E-state index < -0.39 is 0 Å². The van der Waals surface area contributed by atoms with E-state index in [0.29, 0.717) is 0 Å². The van der Waals surface area contributed by atoms with Crippen molar-refractivity contribution in [2.45, 2.75) is 13.5 Å². The van der Waals surface area contributed by atoms with Gasteiger partial charge in [0.15, 0.2) is 0 Å². The topological polar surface area (TPSA) is 42.2 Å². The molecule has 0 bridgehead atoms. The highest BCUT2D eigenvalue weighted by Gasteiger charge is 2.02. The largest absolute Gasteiger partial charge is 0.380 e. The second-order valence-electron chi connectivity index (χ2n) is 4.30. The monoisotopic (exact) mass is 238 g/mol. The molecule has 3 heterocycles. The van der Waals surface area contributed by atoms with Crippen molar-refractivity contribution in [3.05, 3.63) is 60.2 Å². The van der Waals surface area contributed by atoms with E-state index in [9.17, 15) is 0 Å². The van der Waals surface area contributed by atoms with Gasteiger partial charge in [0.05, 0.1) is 17.4 Å². The highest BCUT2D eigenvalue weighted by atomic mass is 15.2. The van der Waals surface area contributed by atoms with Crippen molar-refractivity contribution in [3.8, 4) is 0 Å². The summed E-state index contributed by atoms with van der Waals surface area (Å²) in [5.41, 5.74) is 4.49. The van der Waals surface area contributed by atoms with Crippen molar-refractivity contribution in [2.24, 2.45) is 0 Å². The Bertz CT molecular complexity index is 672. The van der Waals surface area contributed by atoms with Crippen LogP contribution in [0.3, 0.4) is 0 Å². The minimum Gasteiger partial charge on any atom is -0.380 e. The van der Waals surface area contributed by atoms with Crippen LogP contribution >= 0.6 is 0 Å². The van der Waals surface area contributed by atoms with Gasteiger partial charge in [-0.3, -0.25) is 4.98 Å². The molecule has 0 amide bonds. The highest BCUT2D eigenvalue weighted by Crippen LogP contribution is 2.13. The average molecular weight is 238 g/mol. The van der Waals surface area contributed by atoms with Crippen molar-refractivity contribution >= 4 is 11.2 Å². The summed E-state index contributed by atoms with van der Waals surface area (Å²) < 4.78 is 1.88. The summed E-state index contributed by atoms with van der Waals surface area (Å²) in [6.07, 6.45) is 7.53. The van der Waals surface area contributed by atoms with Gasteiger partial charge in [-0.05, 0) is 30.7 Å². The van der Waals surface area contributed by atoms with Gasteiger partial charge in [0.25, 0.3) is 0 Å². The van der Waals surface area contributed by atoms with Crippen molar-refractivity contribution < 1.29 is 0 Å². The SMILES string of the molecule is Cc1cncc(NCc2cnn3ccccc23)c1. The molecule has 0 aliphatic carbocycles. The summed E-state index contributed by atoms with van der Waals surface area (Å²) >= 11 is 0. The molecule has 0 fully saturated rings. The van der Waals surface area contributed by atoms with Crippen LogP contribution in [0, 0.1) is 6.92 Å². The van der Waals surface area contributed by atoms with E-state index in [-0.39, 0.29) is 0 Å². The molecule has 3 aromatic heterocycles. The fourth-order valence-electron chi connectivity index (χ4n) is 1.97. The van der Waals surface area contributed by atoms with Crippen LogP contribution in [0.5, 0.6) is 0 Å². The predicted molar refractivity (Wildman–Crippen MR) is 71.5 cm³/mol. The first-order chi connectivity index (χ1) is 8.83. The minimum atomic E-state index is 0.749. The number of nitrogens with zero attached hydrogens (tertiary/aromatic N) is 3. The zero-order chi connectivity index (χ0) is 12.4. The molecule has 0 unspecified atom stereocenters. The number of pyridine rings is 2. The van der Waals surface area contributed by atoms with Gasteiger partial charge in [0.1, 0.15) is 0 Å². The maximum atomic E-state index is 4.31. The molecular weight excluding hydrogens is 224 g/mol. The first kappa shape index (κ1) is 10.8. The summed E-state index contributed by atoms with van der Waals surface area (Å²) in [6, 6.07) is 8.15. The zero-order valence-corrected chi connectivity index (χ0v) is 10.2. The number of hydrogen-bond acceptors (Lipinski definition) is 3. The fraction of sp³-hybridized carbons (Fsp3) is 0.143. The number of hydrogen-bond donors (Lipinski definition) is 1. The number of aromatic nitrogens is 3. The van der Waals surface area contributed by atoms with Gasteiger partial charge >= 0.3 is 0 Å². The van der Waals surface area contributed by atoms with Crippen molar-refractivity contribution in [2.75, 3.05) is 5.32 Å². The Morgan fingerprint density at radius 1 is 1.22 bits per heavy atom. The van der Waals surface area contributed by atoms with Crippen LogP contribution in [0.25, 0.3) is 5.52 Å². The lowest BCUT2D eigenvalue weighted by Gasteiger charge is -2.05. The molecule has 3 rings (SSSR count). The van der Waals surface area contributed by atoms with Crippen molar-refractivity contribution in [1.82, 2.24) is 14.6 Å². The summed E-state index contributed by atoms with van der Waals surface area (Å²) in [4.78, 5) is 4.16. The molecule has 0 atom stereocenters. The normalized spacial score (nSPS) is 10.7. The molecule has 0 aliphatic heterocycles. The number of nitrogens with one attached hydrogen (secondary N) is 1. The van der Waals surface area contributed by atoms with Crippen LogP contribution in [0.15, 0.2) is 49.1 Å². The molecule has 1 N–H and O–H groups in total. The van der Waals surface area contributed by atoms with Gasteiger partial charge < -0.3 is 5.32 Å². The molecule has 90 valence electrons. The van der Waals surface area contributed by atoms with Crippen LogP contribution in [0.4, 0.5) is 5.69 Å². The van der Waals surface area contributed by atoms with Gasteiger partial charge in [-0.1, -0.05) is 6.07 Å². The molecule has 4 heteroatoms. The number of fused-ring (bicyclic) bond motifs is 1. The highest BCUT2D eigenvalue weighted by molar-refractivity contribution is 5.55. The molecule has 0 spiro atoms. The fourth-order valence-corrected chi connectivity index (χ4v) is 1.97. The maximum Gasteiger partial charge on any atom is 0.0711 e. The summed E-state index contributed by atoms with van der Waals surface area (Å²) in [7, 11) is 0. The Morgan fingerprint density at radius 3 is 3.06 bits per heavy atom. The lowest BCUT2D eigenvalue weighted by molar-refractivity contribution is 0.961. The molecule has 0 saturated heterocycles. The van der Waals surface area contributed by atoms with Gasteiger partial charge in [0, 0.05) is 30.7 Å². The zero-order valence-electron chi connectivity index (χ0n) is 10.2. The first-order valence-corrected chi connectivity index (χ1v) is 5.90. The average Bonchev–Trinajstić information content (AvgIpc) is 2.80. The Hall–Kier alpha value is -2.36. The number of rotatable bonds is 3. The Morgan fingerprint density at radius 2 is 2.17 bits per heavy atom. The number of anilines is 1. The molecule has 4 nitrogen and oxygen atoms in total.